The third-order valence-electron chi connectivity index (χ3n) is 10.9. The van der Waals surface area contributed by atoms with E-state index < -0.39 is 28.6 Å². The fourth-order valence-corrected chi connectivity index (χ4v) is 8.94. The summed E-state index contributed by atoms with van der Waals surface area (Å²) in [7, 11) is 0. The number of carbonyl (C=O) groups excluding carboxylic acids is 3. The molecule has 34 heavy (non-hydrogen) atoms. The molecule has 0 aromatic carbocycles. The van der Waals surface area contributed by atoms with Crippen LogP contribution in [0, 0.1) is 34.5 Å². The Morgan fingerprint density at radius 1 is 1.06 bits per heavy atom. The molecule has 182 valence electrons. The zero-order chi connectivity index (χ0) is 24.2. The summed E-state index contributed by atoms with van der Waals surface area (Å²) >= 11 is 0. The third-order valence-corrected chi connectivity index (χ3v) is 10.9. The van der Waals surface area contributed by atoms with Crippen molar-refractivity contribution >= 4 is 17.7 Å². The van der Waals surface area contributed by atoms with E-state index in [0.29, 0.717) is 18.4 Å². The van der Waals surface area contributed by atoms with Crippen molar-refractivity contribution in [2.24, 2.45) is 34.5 Å². The van der Waals surface area contributed by atoms with E-state index in [9.17, 15) is 19.5 Å². The number of hydrogen-bond donors (Lipinski definition) is 1. The van der Waals surface area contributed by atoms with Crippen molar-refractivity contribution in [3.63, 3.8) is 0 Å². The number of ether oxygens (including phenoxy) is 2. The molecule has 6 nitrogen and oxygen atoms in total. The SMILES string of the molecule is CC1=C(C)C(=O)OC([C@]2(C)OC(=O)[C@]34CCC5C(CC=C6[C@@H](O)C=CC(=O)[C@@]65C)C3CCC24)C1. The quantitative estimate of drug-likeness (QED) is 0.467. The van der Waals surface area contributed by atoms with Crippen molar-refractivity contribution in [1.29, 1.82) is 0 Å². The van der Waals surface area contributed by atoms with Crippen LogP contribution in [0.1, 0.15) is 66.2 Å². The molecular formula is C28H34O6. The normalized spacial score (nSPS) is 49.6. The van der Waals surface area contributed by atoms with Crippen LogP contribution in [0.15, 0.2) is 34.9 Å². The highest BCUT2D eigenvalue weighted by Crippen LogP contribution is 2.70. The Morgan fingerprint density at radius 3 is 2.56 bits per heavy atom. The second-order valence-corrected chi connectivity index (χ2v) is 11.9. The van der Waals surface area contributed by atoms with E-state index >= 15 is 0 Å². The van der Waals surface area contributed by atoms with Crippen molar-refractivity contribution in [1.82, 2.24) is 0 Å². The zero-order valence-corrected chi connectivity index (χ0v) is 20.4. The lowest BCUT2D eigenvalue weighted by molar-refractivity contribution is -0.178. The Labute approximate surface area is 200 Å². The summed E-state index contributed by atoms with van der Waals surface area (Å²) in [5.41, 5.74) is 0.349. The first kappa shape index (κ1) is 22.3. The van der Waals surface area contributed by atoms with Crippen LogP contribution in [-0.4, -0.2) is 40.6 Å². The molecule has 0 aromatic heterocycles. The minimum Gasteiger partial charge on any atom is -0.455 e. The van der Waals surface area contributed by atoms with Crippen LogP contribution in [-0.2, 0) is 23.9 Å². The Balaban J connectivity index is 1.36. The number of cyclic esters (lactones) is 2. The monoisotopic (exact) mass is 466 g/mol. The van der Waals surface area contributed by atoms with Crippen LogP contribution in [0.2, 0.25) is 0 Å². The predicted molar refractivity (Wildman–Crippen MR) is 123 cm³/mol. The Hall–Kier alpha value is -2.21. The molecule has 6 heteroatoms. The van der Waals surface area contributed by atoms with Gasteiger partial charge in [0.25, 0.3) is 0 Å². The summed E-state index contributed by atoms with van der Waals surface area (Å²) in [6, 6.07) is 0. The van der Waals surface area contributed by atoms with Gasteiger partial charge in [0.05, 0.1) is 16.9 Å². The second-order valence-electron chi connectivity index (χ2n) is 11.9. The molecule has 1 spiro atoms. The number of rotatable bonds is 1. The highest BCUT2D eigenvalue weighted by Gasteiger charge is 2.74. The maximum Gasteiger partial charge on any atom is 0.334 e. The molecule has 4 aliphatic carbocycles. The Bertz CT molecular complexity index is 1100. The van der Waals surface area contributed by atoms with E-state index in [1.165, 1.54) is 0 Å². The predicted octanol–water partition coefficient (Wildman–Crippen LogP) is 3.83. The molecular weight excluding hydrogens is 432 g/mol. The van der Waals surface area contributed by atoms with Crippen molar-refractivity contribution in [2.75, 3.05) is 0 Å². The number of fused-ring (bicyclic) bond motifs is 4. The summed E-state index contributed by atoms with van der Waals surface area (Å²) in [4.78, 5) is 39.4. The number of esters is 2. The van der Waals surface area contributed by atoms with E-state index in [0.717, 1.165) is 36.8 Å². The molecule has 2 aliphatic heterocycles. The first-order valence-electron chi connectivity index (χ1n) is 12.8. The van der Waals surface area contributed by atoms with Crippen molar-refractivity contribution in [2.45, 2.75) is 84.0 Å². The average molecular weight is 467 g/mol. The topological polar surface area (TPSA) is 89.9 Å². The maximum atomic E-state index is 13.7. The van der Waals surface area contributed by atoms with Crippen LogP contribution >= 0.6 is 0 Å². The molecule has 2 heterocycles. The van der Waals surface area contributed by atoms with Gasteiger partial charge in [-0.25, -0.2) is 4.79 Å². The van der Waals surface area contributed by atoms with E-state index in [2.05, 4.69) is 6.08 Å². The molecule has 1 N–H and O–H groups in total. The molecule has 0 amide bonds. The molecule has 0 bridgehead atoms. The van der Waals surface area contributed by atoms with E-state index in [1.807, 2.05) is 20.8 Å². The Morgan fingerprint density at radius 2 is 1.82 bits per heavy atom. The van der Waals surface area contributed by atoms with E-state index in [1.54, 1.807) is 19.1 Å². The minimum absolute atomic E-state index is 0.00631. The van der Waals surface area contributed by atoms with E-state index in [-0.39, 0.29) is 41.4 Å². The average Bonchev–Trinajstić information content (AvgIpc) is 3.30. The molecule has 1 saturated heterocycles. The lowest BCUT2D eigenvalue weighted by Gasteiger charge is -2.55. The first-order valence-corrected chi connectivity index (χ1v) is 12.8. The van der Waals surface area contributed by atoms with Gasteiger partial charge >= 0.3 is 11.9 Å². The van der Waals surface area contributed by atoms with Gasteiger partial charge in [0.2, 0.25) is 0 Å². The molecule has 2 saturated carbocycles. The molecule has 6 rings (SSSR count). The van der Waals surface area contributed by atoms with Gasteiger partial charge in [-0.15, -0.1) is 0 Å². The van der Waals surface area contributed by atoms with Crippen molar-refractivity contribution in [3.8, 4) is 0 Å². The number of hydrogen-bond acceptors (Lipinski definition) is 6. The maximum absolute atomic E-state index is 13.7. The summed E-state index contributed by atoms with van der Waals surface area (Å²) in [6.07, 6.45) is 8.60. The molecule has 6 aliphatic rings. The second kappa shape index (κ2) is 6.93. The number of allylic oxidation sites excluding steroid dienone is 2. The molecule has 9 atom stereocenters. The zero-order valence-electron chi connectivity index (χ0n) is 20.4. The van der Waals surface area contributed by atoms with Crippen LogP contribution in [0.3, 0.4) is 0 Å². The van der Waals surface area contributed by atoms with Gasteiger partial charge in [-0.2, -0.15) is 0 Å². The smallest absolute Gasteiger partial charge is 0.334 e. The van der Waals surface area contributed by atoms with Gasteiger partial charge in [0.15, 0.2) is 11.4 Å². The van der Waals surface area contributed by atoms with Gasteiger partial charge < -0.3 is 14.6 Å². The number of aliphatic hydroxyl groups is 1. The van der Waals surface area contributed by atoms with Gasteiger partial charge in [-0.1, -0.05) is 11.6 Å². The fourth-order valence-electron chi connectivity index (χ4n) is 8.94. The van der Waals surface area contributed by atoms with Crippen molar-refractivity contribution in [3.05, 3.63) is 34.9 Å². The molecule has 3 fully saturated rings. The lowest BCUT2D eigenvalue weighted by Crippen LogP contribution is -2.56. The standard InChI is InChI=1S/C28H34O6/c1-14-13-23(33-24(31)15(14)2)27(4)21-9-7-18-16-5-6-19-20(29)8-10-22(30)26(19,3)17(16)11-12-28(18,21)25(32)34-27/h6,8,10,16-18,20-21,23,29H,5,7,9,11-13H2,1-4H3/t16?,17?,18?,20-,21?,23?,26+,27+,28+/m0/s1. The van der Waals surface area contributed by atoms with Crippen LogP contribution < -0.4 is 0 Å². The number of carbonyl (C=O) groups is 3. The first-order chi connectivity index (χ1) is 16.0. The van der Waals surface area contributed by atoms with Crippen molar-refractivity contribution < 1.29 is 29.0 Å². The van der Waals surface area contributed by atoms with Crippen LogP contribution in [0.5, 0.6) is 0 Å². The third kappa shape index (κ3) is 2.48. The molecule has 5 unspecified atom stereocenters. The van der Waals surface area contributed by atoms with E-state index in [4.69, 9.17) is 9.47 Å². The fraction of sp³-hybridized carbons (Fsp3) is 0.679. The van der Waals surface area contributed by atoms with Gasteiger partial charge in [0.1, 0.15) is 6.10 Å². The lowest BCUT2D eigenvalue weighted by atomic mass is 9.47. The number of ketones is 1. The number of aliphatic hydroxyl groups excluding tert-OH is 1. The van der Waals surface area contributed by atoms with Gasteiger partial charge in [0, 0.05) is 17.9 Å². The van der Waals surface area contributed by atoms with Crippen LogP contribution in [0.4, 0.5) is 0 Å². The van der Waals surface area contributed by atoms with Gasteiger partial charge in [-0.05, 0) is 95.3 Å². The van der Waals surface area contributed by atoms with Crippen LogP contribution in [0.25, 0.3) is 0 Å². The summed E-state index contributed by atoms with van der Waals surface area (Å²) in [5.74, 6) is 0.0369. The Kier molecular flexibility index (Phi) is 4.54. The minimum atomic E-state index is -0.838. The summed E-state index contributed by atoms with van der Waals surface area (Å²) in [5, 5.41) is 10.6. The largest absolute Gasteiger partial charge is 0.455 e. The summed E-state index contributed by atoms with van der Waals surface area (Å²) < 4.78 is 12.1. The summed E-state index contributed by atoms with van der Waals surface area (Å²) in [6.45, 7) is 7.70. The molecule has 0 aromatic rings. The highest BCUT2D eigenvalue weighted by molar-refractivity contribution is 5.99. The van der Waals surface area contributed by atoms with Gasteiger partial charge in [-0.3, -0.25) is 9.59 Å². The molecule has 0 radical (unpaired) electrons. The highest BCUT2D eigenvalue weighted by atomic mass is 16.6.